The van der Waals surface area contributed by atoms with Gasteiger partial charge in [-0.1, -0.05) is 26.0 Å². The van der Waals surface area contributed by atoms with Crippen LogP contribution in [0.3, 0.4) is 0 Å². The number of rotatable bonds is 5. The zero-order chi connectivity index (χ0) is 16.2. The van der Waals surface area contributed by atoms with E-state index in [1.54, 1.807) is 13.8 Å². The lowest BCUT2D eigenvalue weighted by Gasteiger charge is -2.17. The average Bonchev–Trinajstić information content (AvgIpc) is 2.37. The van der Waals surface area contributed by atoms with Gasteiger partial charge in [0.05, 0.1) is 5.56 Å². The number of carbonyl (C=O) groups excluding carboxylic acids is 2. The molecule has 21 heavy (non-hydrogen) atoms. The zero-order valence-corrected chi connectivity index (χ0v) is 11.7. The predicted octanol–water partition coefficient (Wildman–Crippen LogP) is 1.87. The van der Waals surface area contributed by atoms with Gasteiger partial charge in [-0.3, -0.25) is 9.59 Å². The van der Waals surface area contributed by atoms with E-state index in [1.165, 1.54) is 12.1 Å². The Hall–Kier alpha value is -2.05. The second-order valence-corrected chi connectivity index (χ2v) is 5.02. The fourth-order valence-corrected chi connectivity index (χ4v) is 1.63. The number of nitrogens with two attached hydrogens (primary N) is 1. The van der Waals surface area contributed by atoms with Crippen LogP contribution in [-0.2, 0) is 22.2 Å². The van der Waals surface area contributed by atoms with Crippen molar-refractivity contribution in [3.05, 3.63) is 35.4 Å². The van der Waals surface area contributed by atoms with E-state index in [4.69, 9.17) is 5.73 Å². The molecule has 2 amide bonds. The number of primary amides is 1. The van der Waals surface area contributed by atoms with Gasteiger partial charge in [0.2, 0.25) is 11.8 Å². The fourth-order valence-electron chi connectivity index (χ4n) is 1.63. The van der Waals surface area contributed by atoms with Gasteiger partial charge in [0.1, 0.15) is 6.04 Å². The Kier molecular flexibility index (Phi) is 5.34. The third-order valence-electron chi connectivity index (χ3n) is 2.91. The molecule has 1 aromatic rings. The van der Waals surface area contributed by atoms with Crippen LogP contribution >= 0.6 is 0 Å². The molecule has 116 valence electrons. The molecular formula is C14H17F3N2O2. The van der Waals surface area contributed by atoms with Crippen molar-refractivity contribution in [3.8, 4) is 0 Å². The maximum Gasteiger partial charge on any atom is 0.416 e. The molecule has 0 aliphatic carbocycles. The van der Waals surface area contributed by atoms with E-state index in [-0.39, 0.29) is 18.2 Å². The molecule has 1 atom stereocenters. The number of halogens is 3. The Morgan fingerprint density at radius 2 is 1.71 bits per heavy atom. The van der Waals surface area contributed by atoms with Crippen LogP contribution < -0.4 is 11.1 Å². The second kappa shape index (κ2) is 6.60. The summed E-state index contributed by atoms with van der Waals surface area (Å²) >= 11 is 0. The summed E-state index contributed by atoms with van der Waals surface area (Å²) < 4.78 is 37.3. The maximum absolute atomic E-state index is 12.4. The van der Waals surface area contributed by atoms with Crippen LogP contribution in [0.4, 0.5) is 13.2 Å². The first-order chi connectivity index (χ1) is 9.61. The molecule has 1 aromatic carbocycles. The minimum atomic E-state index is -4.41. The largest absolute Gasteiger partial charge is 0.416 e. The monoisotopic (exact) mass is 302 g/mol. The van der Waals surface area contributed by atoms with Crippen LogP contribution in [0.1, 0.15) is 25.0 Å². The number of amides is 2. The molecule has 0 aromatic heterocycles. The van der Waals surface area contributed by atoms with Crippen molar-refractivity contribution >= 4 is 11.8 Å². The predicted molar refractivity (Wildman–Crippen MR) is 71.1 cm³/mol. The van der Waals surface area contributed by atoms with E-state index < -0.39 is 23.7 Å². The summed E-state index contributed by atoms with van der Waals surface area (Å²) in [6, 6.07) is 3.44. The van der Waals surface area contributed by atoms with Crippen LogP contribution in [0, 0.1) is 5.92 Å². The second-order valence-electron chi connectivity index (χ2n) is 5.02. The van der Waals surface area contributed by atoms with E-state index >= 15 is 0 Å². The Labute approximate surface area is 120 Å². The fraction of sp³-hybridized carbons (Fsp3) is 0.429. The first-order valence-electron chi connectivity index (χ1n) is 6.37. The SMILES string of the molecule is CC(C)C(=O)N[C@H](Cc1ccc(C(F)(F)F)cc1)C(N)=O. The van der Waals surface area contributed by atoms with Crippen LogP contribution in [0.2, 0.25) is 0 Å². The number of hydrogen-bond acceptors (Lipinski definition) is 2. The molecule has 1 rings (SSSR count). The molecule has 7 heteroatoms. The number of hydrogen-bond donors (Lipinski definition) is 2. The third kappa shape index (κ3) is 5.09. The van der Waals surface area contributed by atoms with Gasteiger partial charge in [0.25, 0.3) is 0 Å². The van der Waals surface area contributed by atoms with E-state index in [0.29, 0.717) is 5.56 Å². The van der Waals surface area contributed by atoms with Crippen molar-refractivity contribution in [1.29, 1.82) is 0 Å². The highest BCUT2D eigenvalue weighted by molar-refractivity contribution is 5.87. The molecule has 0 saturated carbocycles. The molecule has 0 saturated heterocycles. The zero-order valence-electron chi connectivity index (χ0n) is 11.7. The molecular weight excluding hydrogens is 285 g/mol. The molecule has 0 aliphatic rings. The topological polar surface area (TPSA) is 72.2 Å². The number of carbonyl (C=O) groups is 2. The molecule has 0 unspecified atom stereocenters. The Bertz CT molecular complexity index is 510. The summed E-state index contributed by atoms with van der Waals surface area (Å²) in [4.78, 5) is 22.9. The lowest BCUT2D eigenvalue weighted by atomic mass is 10.0. The van der Waals surface area contributed by atoms with Crippen molar-refractivity contribution in [2.45, 2.75) is 32.5 Å². The summed E-state index contributed by atoms with van der Waals surface area (Å²) in [5, 5.41) is 2.47. The molecule has 0 aliphatic heterocycles. The first-order valence-corrected chi connectivity index (χ1v) is 6.37. The Morgan fingerprint density at radius 3 is 2.10 bits per heavy atom. The molecule has 4 nitrogen and oxygen atoms in total. The highest BCUT2D eigenvalue weighted by Gasteiger charge is 2.30. The van der Waals surface area contributed by atoms with E-state index in [9.17, 15) is 22.8 Å². The minimum Gasteiger partial charge on any atom is -0.368 e. The van der Waals surface area contributed by atoms with Crippen molar-refractivity contribution in [2.75, 3.05) is 0 Å². The first kappa shape index (κ1) is 17.0. The van der Waals surface area contributed by atoms with Gasteiger partial charge in [-0.15, -0.1) is 0 Å². The summed E-state index contributed by atoms with van der Waals surface area (Å²) in [7, 11) is 0. The third-order valence-corrected chi connectivity index (χ3v) is 2.91. The molecule has 0 bridgehead atoms. The van der Waals surface area contributed by atoms with Gasteiger partial charge in [0, 0.05) is 12.3 Å². The van der Waals surface area contributed by atoms with Gasteiger partial charge in [0.15, 0.2) is 0 Å². The van der Waals surface area contributed by atoms with E-state index in [0.717, 1.165) is 12.1 Å². The number of alkyl halides is 3. The van der Waals surface area contributed by atoms with E-state index in [2.05, 4.69) is 5.32 Å². The molecule has 0 fully saturated rings. The van der Waals surface area contributed by atoms with Crippen LogP contribution in [0.5, 0.6) is 0 Å². The summed E-state index contributed by atoms with van der Waals surface area (Å²) in [6.45, 7) is 3.32. The minimum absolute atomic E-state index is 0.0476. The lowest BCUT2D eigenvalue weighted by Crippen LogP contribution is -2.47. The van der Waals surface area contributed by atoms with Gasteiger partial charge in [-0.25, -0.2) is 0 Å². The number of nitrogens with one attached hydrogen (secondary N) is 1. The maximum atomic E-state index is 12.4. The molecule has 0 spiro atoms. The van der Waals surface area contributed by atoms with Gasteiger partial charge < -0.3 is 11.1 Å². The highest BCUT2D eigenvalue weighted by atomic mass is 19.4. The van der Waals surface area contributed by atoms with Gasteiger partial charge >= 0.3 is 6.18 Å². The van der Waals surface area contributed by atoms with Crippen LogP contribution in [0.25, 0.3) is 0 Å². The van der Waals surface area contributed by atoms with Crippen LogP contribution in [0.15, 0.2) is 24.3 Å². The summed E-state index contributed by atoms with van der Waals surface area (Å²) in [5.74, 6) is -1.39. The average molecular weight is 302 g/mol. The van der Waals surface area contributed by atoms with Crippen molar-refractivity contribution in [1.82, 2.24) is 5.32 Å². The van der Waals surface area contributed by atoms with Gasteiger partial charge in [-0.2, -0.15) is 13.2 Å². The quantitative estimate of drug-likeness (QED) is 0.871. The normalized spacial score (nSPS) is 13.0. The van der Waals surface area contributed by atoms with Crippen molar-refractivity contribution < 1.29 is 22.8 Å². The standard InChI is InChI=1S/C14H17F3N2O2/c1-8(2)13(21)19-11(12(18)20)7-9-3-5-10(6-4-9)14(15,16)17/h3-6,8,11H,7H2,1-2H3,(H2,18,20)(H,19,21)/t11-/m1/s1. The highest BCUT2D eigenvalue weighted by Crippen LogP contribution is 2.29. The Morgan fingerprint density at radius 1 is 1.19 bits per heavy atom. The number of benzene rings is 1. The smallest absolute Gasteiger partial charge is 0.368 e. The van der Waals surface area contributed by atoms with Crippen molar-refractivity contribution in [3.63, 3.8) is 0 Å². The van der Waals surface area contributed by atoms with Crippen LogP contribution in [-0.4, -0.2) is 17.9 Å². The summed E-state index contributed by atoms with van der Waals surface area (Å²) in [6.07, 6.45) is -4.36. The lowest BCUT2D eigenvalue weighted by molar-refractivity contribution is -0.137. The molecule has 0 radical (unpaired) electrons. The molecule has 3 N–H and O–H groups in total. The summed E-state index contributed by atoms with van der Waals surface area (Å²) in [5.41, 5.74) is 4.91. The molecule has 0 heterocycles. The van der Waals surface area contributed by atoms with E-state index in [1.807, 2.05) is 0 Å². The Balaban J connectivity index is 2.81. The van der Waals surface area contributed by atoms with Crippen molar-refractivity contribution in [2.24, 2.45) is 11.7 Å². The van der Waals surface area contributed by atoms with Gasteiger partial charge in [-0.05, 0) is 17.7 Å².